The number of ether oxygens (including phenoxy) is 1. The van der Waals surface area contributed by atoms with Crippen molar-refractivity contribution < 1.29 is 4.74 Å². The summed E-state index contributed by atoms with van der Waals surface area (Å²) in [7, 11) is 3.45. The number of halogens is 1. The lowest BCUT2D eigenvalue weighted by Crippen LogP contribution is -1.96. The van der Waals surface area contributed by atoms with Crippen LogP contribution >= 0.6 is 11.6 Å². The highest BCUT2D eigenvalue weighted by atomic mass is 35.5. The van der Waals surface area contributed by atoms with E-state index >= 15 is 0 Å². The molecule has 2 aromatic rings. The first-order valence-corrected chi connectivity index (χ1v) is 5.54. The topological polar surface area (TPSA) is 53.1 Å². The number of aryl methyl sites for hydroxylation is 2. The molecule has 1 aromatic heterocycles. The quantitative estimate of drug-likeness (QED) is 0.893. The summed E-state index contributed by atoms with van der Waals surface area (Å²) in [6, 6.07) is 5.60. The molecule has 0 spiro atoms. The molecule has 0 unspecified atom stereocenters. The Labute approximate surface area is 105 Å². The van der Waals surface area contributed by atoms with Gasteiger partial charge in [-0.3, -0.25) is 4.68 Å². The van der Waals surface area contributed by atoms with E-state index in [0.29, 0.717) is 16.6 Å². The van der Waals surface area contributed by atoms with Crippen LogP contribution in [-0.4, -0.2) is 16.9 Å². The van der Waals surface area contributed by atoms with E-state index in [-0.39, 0.29) is 0 Å². The van der Waals surface area contributed by atoms with Crippen LogP contribution in [0.15, 0.2) is 18.2 Å². The van der Waals surface area contributed by atoms with Gasteiger partial charge in [0.05, 0.1) is 17.8 Å². The average Bonchev–Trinajstić information content (AvgIpc) is 2.60. The molecule has 1 aromatic carbocycles. The highest BCUT2D eigenvalue weighted by Gasteiger charge is 2.12. The molecular formula is C12H14ClN3O. The van der Waals surface area contributed by atoms with Crippen LogP contribution in [0.2, 0.25) is 5.02 Å². The molecule has 0 aliphatic rings. The van der Waals surface area contributed by atoms with Crippen molar-refractivity contribution in [2.75, 3.05) is 12.8 Å². The van der Waals surface area contributed by atoms with Gasteiger partial charge in [0.25, 0.3) is 0 Å². The molecule has 0 aliphatic heterocycles. The summed E-state index contributed by atoms with van der Waals surface area (Å²) in [5, 5.41) is 4.70. The van der Waals surface area contributed by atoms with Gasteiger partial charge in [0.15, 0.2) is 0 Å². The fourth-order valence-electron chi connectivity index (χ4n) is 1.83. The minimum Gasteiger partial charge on any atom is -0.495 e. The molecule has 4 nitrogen and oxygen atoms in total. The Kier molecular flexibility index (Phi) is 2.98. The lowest BCUT2D eigenvalue weighted by molar-refractivity contribution is 0.415. The number of nitrogen functional groups attached to an aromatic ring is 1. The fraction of sp³-hybridized carbons (Fsp3) is 0.250. The van der Waals surface area contributed by atoms with Crippen LogP contribution < -0.4 is 10.5 Å². The molecule has 0 radical (unpaired) electrons. The number of hydrogen-bond donors (Lipinski definition) is 1. The summed E-state index contributed by atoms with van der Waals surface area (Å²) >= 11 is 6.12. The van der Waals surface area contributed by atoms with Crippen molar-refractivity contribution in [3.8, 4) is 17.0 Å². The van der Waals surface area contributed by atoms with E-state index in [2.05, 4.69) is 5.10 Å². The summed E-state index contributed by atoms with van der Waals surface area (Å²) in [4.78, 5) is 0. The Morgan fingerprint density at radius 2 is 2.06 bits per heavy atom. The minimum atomic E-state index is 0.494. The van der Waals surface area contributed by atoms with Crippen LogP contribution in [0.4, 0.5) is 5.82 Å². The molecule has 90 valence electrons. The van der Waals surface area contributed by atoms with Crippen molar-refractivity contribution in [2.45, 2.75) is 6.92 Å². The third-order valence-corrected chi connectivity index (χ3v) is 2.97. The lowest BCUT2D eigenvalue weighted by atomic mass is 10.1. The molecule has 0 amide bonds. The molecule has 5 heteroatoms. The highest BCUT2D eigenvalue weighted by molar-refractivity contribution is 6.32. The average molecular weight is 252 g/mol. The zero-order valence-electron chi connectivity index (χ0n) is 9.99. The summed E-state index contributed by atoms with van der Waals surface area (Å²) in [5.41, 5.74) is 8.67. The van der Waals surface area contributed by atoms with Gasteiger partial charge in [-0.2, -0.15) is 5.10 Å². The van der Waals surface area contributed by atoms with E-state index in [0.717, 1.165) is 16.8 Å². The molecule has 17 heavy (non-hydrogen) atoms. The number of benzene rings is 1. The zero-order valence-corrected chi connectivity index (χ0v) is 10.7. The zero-order chi connectivity index (χ0) is 12.6. The van der Waals surface area contributed by atoms with Gasteiger partial charge >= 0.3 is 0 Å². The number of aromatic nitrogens is 2. The number of rotatable bonds is 2. The molecule has 0 aliphatic carbocycles. The third kappa shape index (κ3) is 2.08. The number of nitrogens with two attached hydrogens (primary N) is 1. The van der Waals surface area contributed by atoms with Gasteiger partial charge in [0.1, 0.15) is 11.6 Å². The van der Waals surface area contributed by atoms with Gasteiger partial charge in [0, 0.05) is 18.7 Å². The number of nitrogens with zero attached hydrogens (tertiary/aromatic N) is 2. The van der Waals surface area contributed by atoms with Crippen molar-refractivity contribution in [1.82, 2.24) is 9.78 Å². The second kappa shape index (κ2) is 4.30. The van der Waals surface area contributed by atoms with Gasteiger partial charge in [-0.25, -0.2) is 0 Å². The number of hydrogen-bond acceptors (Lipinski definition) is 3. The summed E-state index contributed by atoms with van der Waals surface area (Å²) < 4.78 is 6.91. The van der Waals surface area contributed by atoms with Crippen LogP contribution in [0.3, 0.4) is 0 Å². The molecule has 0 bridgehead atoms. The normalized spacial score (nSPS) is 10.6. The largest absolute Gasteiger partial charge is 0.495 e. The Morgan fingerprint density at radius 1 is 1.35 bits per heavy atom. The Morgan fingerprint density at radius 3 is 2.59 bits per heavy atom. The van der Waals surface area contributed by atoms with Gasteiger partial charge in [-0.05, 0) is 24.6 Å². The van der Waals surface area contributed by atoms with E-state index in [1.165, 1.54) is 0 Å². The maximum absolute atomic E-state index is 6.12. The lowest BCUT2D eigenvalue weighted by Gasteiger charge is -2.10. The molecule has 2 rings (SSSR count). The van der Waals surface area contributed by atoms with Crippen LogP contribution in [0.1, 0.15) is 5.56 Å². The molecule has 2 N–H and O–H groups in total. The molecule has 0 fully saturated rings. The Balaban J connectivity index is 2.60. The Hall–Kier alpha value is -1.68. The predicted octanol–water partition coefficient (Wildman–Crippen LogP) is 2.64. The summed E-state index contributed by atoms with van der Waals surface area (Å²) in [5.74, 6) is 1.16. The van der Waals surface area contributed by atoms with Crippen molar-refractivity contribution in [2.24, 2.45) is 7.05 Å². The van der Waals surface area contributed by atoms with Gasteiger partial charge < -0.3 is 10.5 Å². The van der Waals surface area contributed by atoms with E-state index < -0.39 is 0 Å². The fourth-order valence-corrected chi connectivity index (χ4v) is 2.07. The third-order valence-electron chi connectivity index (χ3n) is 2.67. The molecule has 0 saturated heterocycles. The molecule has 0 saturated carbocycles. The first-order valence-electron chi connectivity index (χ1n) is 5.17. The predicted molar refractivity (Wildman–Crippen MR) is 69.4 cm³/mol. The molecular weight excluding hydrogens is 238 g/mol. The standard InChI is InChI=1S/C12H14ClN3O/c1-7-4-11(17-3)9(13)5-8(7)10-6-12(14)15-16(10)2/h4-6H,1-3H3,(H2,14,15). The monoisotopic (exact) mass is 251 g/mol. The van der Waals surface area contributed by atoms with Gasteiger partial charge in [-0.1, -0.05) is 11.6 Å². The smallest absolute Gasteiger partial charge is 0.146 e. The molecule has 1 heterocycles. The van der Waals surface area contributed by atoms with Crippen molar-refractivity contribution in [3.63, 3.8) is 0 Å². The second-order valence-electron chi connectivity index (χ2n) is 3.88. The maximum Gasteiger partial charge on any atom is 0.146 e. The minimum absolute atomic E-state index is 0.494. The van der Waals surface area contributed by atoms with Crippen molar-refractivity contribution in [1.29, 1.82) is 0 Å². The van der Waals surface area contributed by atoms with Gasteiger partial charge in [0.2, 0.25) is 0 Å². The highest BCUT2D eigenvalue weighted by Crippen LogP contribution is 2.33. The second-order valence-corrected chi connectivity index (χ2v) is 4.29. The first kappa shape index (κ1) is 11.8. The number of anilines is 1. The first-order chi connectivity index (χ1) is 8.02. The van der Waals surface area contributed by atoms with Crippen molar-refractivity contribution in [3.05, 3.63) is 28.8 Å². The van der Waals surface area contributed by atoms with E-state index in [1.807, 2.05) is 32.2 Å². The van der Waals surface area contributed by atoms with E-state index in [4.69, 9.17) is 22.1 Å². The van der Waals surface area contributed by atoms with Crippen molar-refractivity contribution >= 4 is 17.4 Å². The maximum atomic E-state index is 6.12. The van der Waals surface area contributed by atoms with E-state index in [9.17, 15) is 0 Å². The van der Waals surface area contributed by atoms with E-state index in [1.54, 1.807) is 11.8 Å². The van der Waals surface area contributed by atoms with Crippen LogP contribution in [-0.2, 0) is 7.05 Å². The van der Waals surface area contributed by atoms with Crippen LogP contribution in [0, 0.1) is 6.92 Å². The van der Waals surface area contributed by atoms with Crippen LogP contribution in [0.5, 0.6) is 5.75 Å². The van der Waals surface area contributed by atoms with Gasteiger partial charge in [-0.15, -0.1) is 0 Å². The van der Waals surface area contributed by atoms with Crippen LogP contribution in [0.25, 0.3) is 11.3 Å². The summed E-state index contributed by atoms with van der Waals surface area (Å²) in [6.45, 7) is 2.00. The SMILES string of the molecule is COc1cc(C)c(-c2cc(N)nn2C)cc1Cl. The summed E-state index contributed by atoms with van der Waals surface area (Å²) in [6.07, 6.45) is 0. The molecule has 0 atom stereocenters. The Bertz CT molecular complexity index is 563. The number of methoxy groups -OCH3 is 1.